The summed E-state index contributed by atoms with van der Waals surface area (Å²) in [6.07, 6.45) is -4.59. The lowest BCUT2D eigenvalue weighted by molar-refractivity contribution is -0.141. The Morgan fingerprint density at radius 3 is 2.59 bits per heavy atom. The molecule has 2 aromatic rings. The van der Waals surface area contributed by atoms with Gasteiger partial charge in [-0.25, -0.2) is 9.37 Å². The molecule has 2 rings (SSSR count). The molecule has 0 N–H and O–H groups in total. The molecule has 0 aliphatic rings. The molecular weight excluding hydrogens is 302 g/mol. The van der Waals surface area contributed by atoms with Gasteiger partial charge in [-0.15, -0.1) is 0 Å². The van der Waals surface area contributed by atoms with Crippen LogP contribution >= 0.6 is 0 Å². The van der Waals surface area contributed by atoms with Crippen LogP contribution in [0, 0.1) is 11.9 Å². The Morgan fingerprint density at radius 1 is 1.18 bits per heavy atom. The van der Waals surface area contributed by atoms with Gasteiger partial charge in [-0.2, -0.15) is 13.2 Å². The van der Waals surface area contributed by atoms with E-state index in [0.29, 0.717) is 5.56 Å². The van der Waals surface area contributed by atoms with E-state index in [1.807, 2.05) is 0 Å². The van der Waals surface area contributed by atoms with E-state index in [1.54, 1.807) is 0 Å². The molecule has 1 aromatic heterocycles. The van der Waals surface area contributed by atoms with Crippen molar-refractivity contribution >= 4 is 0 Å². The molecular formula is C15H12F4NO2. The van der Waals surface area contributed by atoms with Crippen molar-refractivity contribution in [2.24, 2.45) is 0 Å². The highest BCUT2D eigenvalue weighted by Crippen LogP contribution is 2.34. The first-order chi connectivity index (χ1) is 10.4. The first-order valence-electron chi connectivity index (χ1n) is 6.29. The van der Waals surface area contributed by atoms with E-state index in [4.69, 9.17) is 9.47 Å². The summed E-state index contributed by atoms with van der Waals surface area (Å²) < 4.78 is 61.5. The summed E-state index contributed by atoms with van der Waals surface area (Å²) >= 11 is 0. The van der Waals surface area contributed by atoms with Gasteiger partial charge in [0.15, 0.2) is 0 Å². The Hall–Kier alpha value is -2.15. The van der Waals surface area contributed by atoms with Gasteiger partial charge in [-0.1, -0.05) is 0 Å². The smallest absolute Gasteiger partial charge is 0.433 e. The number of hydrogen-bond acceptors (Lipinski definition) is 3. The summed E-state index contributed by atoms with van der Waals surface area (Å²) in [5, 5.41) is 0. The number of hydrogen-bond donors (Lipinski definition) is 0. The molecule has 117 valence electrons. The van der Waals surface area contributed by atoms with Crippen LogP contribution in [0.4, 0.5) is 17.6 Å². The lowest BCUT2D eigenvalue weighted by atomic mass is 10.1. The van der Waals surface area contributed by atoms with Crippen molar-refractivity contribution < 1.29 is 27.0 Å². The largest absolute Gasteiger partial charge is 0.475 e. The second kappa shape index (κ2) is 6.74. The average Bonchev–Trinajstić information content (AvgIpc) is 2.46. The number of benzene rings is 1. The van der Waals surface area contributed by atoms with Crippen molar-refractivity contribution in [3.05, 3.63) is 47.9 Å². The van der Waals surface area contributed by atoms with Crippen LogP contribution in [0.2, 0.25) is 0 Å². The highest BCUT2D eigenvalue weighted by molar-refractivity contribution is 5.68. The summed E-state index contributed by atoms with van der Waals surface area (Å²) in [5.41, 5.74) is -0.502. The van der Waals surface area contributed by atoms with Gasteiger partial charge in [0.05, 0.1) is 6.61 Å². The zero-order valence-electron chi connectivity index (χ0n) is 11.6. The Labute approximate surface area is 124 Å². The Morgan fingerprint density at radius 2 is 1.95 bits per heavy atom. The predicted octanol–water partition coefficient (Wildman–Crippen LogP) is 3.73. The zero-order valence-corrected chi connectivity index (χ0v) is 11.6. The minimum atomic E-state index is -4.59. The first kappa shape index (κ1) is 16.2. The second-order valence-corrected chi connectivity index (χ2v) is 4.33. The van der Waals surface area contributed by atoms with Crippen molar-refractivity contribution in [3.8, 4) is 17.0 Å². The molecule has 1 radical (unpaired) electrons. The van der Waals surface area contributed by atoms with Gasteiger partial charge in [0, 0.05) is 12.7 Å². The molecule has 0 saturated heterocycles. The monoisotopic (exact) mass is 314 g/mol. The molecule has 0 unspecified atom stereocenters. The van der Waals surface area contributed by atoms with Crippen LogP contribution < -0.4 is 4.74 Å². The lowest BCUT2D eigenvalue weighted by Gasteiger charge is -2.13. The molecule has 0 amide bonds. The van der Waals surface area contributed by atoms with Crippen LogP contribution in [0.3, 0.4) is 0 Å². The molecule has 0 atom stereocenters. The topological polar surface area (TPSA) is 31.4 Å². The lowest BCUT2D eigenvalue weighted by Crippen LogP contribution is -2.11. The van der Waals surface area contributed by atoms with Crippen molar-refractivity contribution in [2.75, 3.05) is 20.3 Å². The third-order valence-electron chi connectivity index (χ3n) is 2.74. The molecule has 22 heavy (non-hydrogen) atoms. The molecule has 0 aliphatic heterocycles. The van der Waals surface area contributed by atoms with E-state index in [0.717, 1.165) is 12.1 Å². The number of halogens is 4. The van der Waals surface area contributed by atoms with Crippen LogP contribution in [0.1, 0.15) is 5.69 Å². The standard InChI is InChI=1S/C15H12F4NO2/c1-21-7-8-22-14-12(10-3-2-4-11(16)9-10)5-6-13(20-14)15(17,18)19/h3-6,9H,7-8H2,1H3. The Bertz CT molecular complexity index is 644. The molecule has 0 spiro atoms. The zero-order chi connectivity index (χ0) is 16.2. The number of nitrogens with zero attached hydrogens (tertiary/aromatic N) is 1. The molecule has 0 saturated carbocycles. The molecule has 0 aliphatic carbocycles. The minimum absolute atomic E-state index is 0.0246. The fraction of sp³-hybridized carbons (Fsp3) is 0.267. The number of rotatable bonds is 5. The predicted molar refractivity (Wildman–Crippen MR) is 70.8 cm³/mol. The van der Waals surface area contributed by atoms with E-state index in [-0.39, 0.29) is 24.7 Å². The summed E-state index contributed by atoms with van der Waals surface area (Å²) in [5.74, 6) is -0.786. The van der Waals surface area contributed by atoms with Gasteiger partial charge in [-0.3, -0.25) is 0 Å². The summed E-state index contributed by atoms with van der Waals surface area (Å²) in [4.78, 5) is 3.48. The highest BCUT2D eigenvalue weighted by Gasteiger charge is 2.33. The highest BCUT2D eigenvalue weighted by atomic mass is 19.4. The average molecular weight is 314 g/mol. The van der Waals surface area contributed by atoms with E-state index in [1.165, 1.54) is 25.3 Å². The van der Waals surface area contributed by atoms with Crippen molar-refractivity contribution in [2.45, 2.75) is 6.18 Å². The minimum Gasteiger partial charge on any atom is -0.475 e. The molecule has 1 aromatic carbocycles. The SMILES string of the molecule is COCCOc1nc(C(F)(F)F)ccc1-c1c[c]cc(F)c1. The van der Waals surface area contributed by atoms with Crippen LogP contribution in [-0.4, -0.2) is 25.3 Å². The van der Waals surface area contributed by atoms with Gasteiger partial charge in [0.25, 0.3) is 0 Å². The maximum atomic E-state index is 13.3. The van der Waals surface area contributed by atoms with E-state index in [2.05, 4.69) is 11.1 Å². The fourth-order valence-electron chi connectivity index (χ4n) is 1.75. The summed E-state index contributed by atoms with van der Waals surface area (Å²) in [7, 11) is 1.44. The molecule has 1 heterocycles. The van der Waals surface area contributed by atoms with Gasteiger partial charge >= 0.3 is 6.18 Å². The normalized spacial score (nSPS) is 11.5. The van der Waals surface area contributed by atoms with Crippen LogP contribution in [0.25, 0.3) is 11.1 Å². The summed E-state index contributed by atoms with van der Waals surface area (Å²) in [6.45, 7) is 0.212. The number of ether oxygens (including phenoxy) is 2. The molecule has 0 bridgehead atoms. The Kier molecular flexibility index (Phi) is 4.97. The van der Waals surface area contributed by atoms with Crippen LogP contribution in [0.5, 0.6) is 5.88 Å². The first-order valence-corrected chi connectivity index (χ1v) is 6.29. The van der Waals surface area contributed by atoms with Crippen LogP contribution in [0.15, 0.2) is 30.3 Å². The number of aromatic nitrogens is 1. The van der Waals surface area contributed by atoms with Gasteiger partial charge < -0.3 is 9.47 Å². The number of methoxy groups -OCH3 is 1. The van der Waals surface area contributed by atoms with Gasteiger partial charge in [-0.05, 0) is 42.0 Å². The van der Waals surface area contributed by atoms with Crippen LogP contribution in [-0.2, 0) is 10.9 Å². The van der Waals surface area contributed by atoms with E-state index < -0.39 is 17.7 Å². The second-order valence-electron chi connectivity index (χ2n) is 4.33. The van der Waals surface area contributed by atoms with Crippen molar-refractivity contribution in [1.29, 1.82) is 0 Å². The molecule has 0 fully saturated rings. The number of pyridine rings is 1. The van der Waals surface area contributed by atoms with Gasteiger partial charge in [0.1, 0.15) is 18.1 Å². The maximum absolute atomic E-state index is 13.3. The number of alkyl halides is 3. The molecule has 3 nitrogen and oxygen atoms in total. The van der Waals surface area contributed by atoms with Gasteiger partial charge in [0.2, 0.25) is 5.88 Å². The Balaban J connectivity index is 2.43. The van der Waals surface area contributed by atoms with Crippen molar-refractivity contribution in [1.82, 2.24) is 4.98 Å². The van der Waals surface area contributed by atoms with E-state index >= 15 is 0 Å². The van der Waals surface area contributed by atoms with E-state index in [9.17, 15) is 17.6 Å². The fourth-order valence-corrected chi connectivity index (χ4v) is 1.75. The quantitative estimate of drug-likeness (QED) is 0.622. The molecule has 7 heteroatoms. The maximum Gasteiger partial charge on any atom is 0.433 e. The summed E-state index contributed by atoms with van der Waals surface area (Å²) in [6, 6.07) is 8.31. The third-order valence-corrected chi connectivity index (χ3v) is 2.74. The van der Waals surface area contributed by atoms with Crippen molar-refractivity contribution in [3.63, 3.8) is 0 Å². The third kappa shape index (κ3) is 3.94.